The summed E-state index contributed by atoms with van der Waals surface area (Å²) < 4.78 is 10.5. The van der Waals surface area contributed by atoms with Crippen LogP contribution >= 0.6 is 0 Å². The predicted octanol–water partition coefficient (Wildman–Crippen LogP) is 4.10. The second kappa shape index (κ2) is 18.6. The SMILES string of the molecule is COC(=O)[C@H](CCCN=C(N)N)NC(=O)[C@H](Cc1c[nH]c2ccccc12)NC(=O)[C@H](Cc1cnc(-c2ccc(-c3ccccc3)cc2)[nH]1)NC(=O)OC(C)(C)C. The zero-order chi connectivity index (χ0) is 40.2. The molecule has 0 fully saturated rings. The van der Waals surface area contributed by atoms with Gasteiger partial charge in [0.25, 0.3) is 0 Å². The van der Waals surface area contributed by atoms with Crippen LogP contribution < -0.4 is 27.4 Å². The van der Waals surface area contributed by atoms with E-state index >= 15 is 0 Å². The van der Waals surface area contributed by atoms with Crippen molar-refractivity contribution in [2.24, 2.45) is 16.5 Å². The molecule has 15 nitrogen and oxygen atoms in total. The average Bonchev–Trinajstić information content (AvgIpc) is 3.82. The van der Waals surface area contributed by atoms with E-state index in [1.165, 1.54) is 7.11 Å². The van der Waals surface area contributed by atoms with Gasteiger partial charge in [-0.15, -0.1) is 0 Å². The lowest BCUT2D eigenvalue weighted by Crippen LogP contribution is -2.57. The molecule has 0 spiro atoms. The van der Waals surface area contributed by atoms with E-state index in [9.17, 15) is 19.2 Å². The Bertz CT molecular complexity index is 2130. The molecule has 0 aliphatic carbocycles. The average molecular weight is 764 g/mol. The molecule has 3 atom stereocenters. The summed E-state index contributed by atoms with van der Waals surface area (Å²) in [5.41, 5.74) is 15.1. The molecular formula is C41H49N9O6. The first-order valence-corrected chi connectivity index (χ1v) is 18.3. The van der Waals surface area contributed by atoms with Crippen molar-refractivity contribution in [3.63, 3.8) is 0 Å². The molecule has 56 heavy (non-hydrogen) atoms. The number of H-pyrrole nitrogens is 2. The predicted molar refractivity (Wildman–Crippen MR) is 214 cm³/mol. The quantitative estimate of drug-likeness (QED) is 0.0331. The summed E-state index contributed by atoms with van der Waals surface area (Å²) in [7, 11) is 1.22. The van der Waals surface area contributed by atoms with Crippen molar-refractivity contribution in [3.8, 4) is 22.5 Å². The van der Waals surface area contributed by atoms with Gasteiger partial charge in [0.1, 0.15) is 29.6 Å². The molecule has 2 aromatic heterocycles. The van der Waals surface area contributed by atoms with Crippen LogP contribution in [0.1, 0.15) is 44.9 Å². The molecule has 0 radical (unpaired) electrons. The fraction of sp³-hybridized carbons (Fsp3) is 0.317. The van der Waals surface area contributed by atoms with Gasteiger partial charge in [-0.25, -0.2) is 14.6 Å². The van der Waals surface area contributed by atoms with Crippen LogP contribution in [-0.4, -0.2) is 82.2 Å². The van der Waals surface area contributed by atoms with Crippen LogP contribution in [0.5, 0.6) is 0 Å². The Morgan fingerprint density at radius 3 is 2.11 bits per heavy atom. The number of ether oxygens (including phenoxy) is 2. The minimum Gasteiger partial charge on any atom is -0.467 e. The number of aliphatic imine (C=N–C) groups is 1. The molecule has 0 unspecified atom stereocenters. The Morgan fingerprint density at radius 1 is 0.804 bits per heavy atom. The van der Waals surface area contributed by atoms with E-state index in [4.69, 9.17) is 20.9 Å². The van der Waals surface area contributed by atoms with Crippen LogP contribution in [0.15, 0.2) is 96.2 Å². The topological polar surface area (TPSA) is 232 Å². The van der Waals surface area contributed by atoms with Crippen LogP contribution in [0.2, 0.25) is 0 Å². The highest BCUT2D eigenvalue weighted by Gasteiger charge is 2.32. The van der Waals surface area contributed by atoms with E-state index in [2.05, 4.69) is 35.9 Å². The fourth-order valence-corrected chi connectivity index (χ4v) is 6.11. The molecule has 9 N–H and O–H groups in total. The molecule has 294 valence electrons. The molecule has 5 aromatic rings. The second-order valence-corrected chi connectivity index (χ2v) is 14.3. The summed E-state index contributed by atoms with van der Waals surface area (Å²) in [5, 5.41) is 9.11. The number of alkyl carbamates (subject to hydrolysis) is 1. The van der Waals surface area contributed by atoms with Crippen molar-refractivity contribution in [3.05, 3.63) is 103 Å². The van der Waals surface area contributed by atoms with Crippen molar-refractivity contribution in [2.75, 3.05) is 13.7 Å². The monoisotopic (exact) mass is 763 g/mol. The number of methoxy groups -OCH3 is 1. The maximum atomic E-state index is 14.2. The number of para-hydroxylation sites is 1. The zero-order valence-corrected chi connectivity index (χ0v) is 31.9. The summed E-state index contributed by atoms with van der Waals surface area (Å²) in [4.78, 5) is 69.0. The van der Waals surface area contributed by atoms with Gasteiger partial charge < -0.3 is 46.9 Å². The van der Waals surface area contributed by atoms with Gasteiger partial charge in [0.05, 0.1) is 7.11 Å². The number of amides is 3. The number of carbonyl (C=O) groups excluding carboxylic acids is 4. The molecule has 0 aliphatic heterocycles. The molecule has 0 saturated heterocycles. The standard InChI is InChI=1S/C41H49N9O6/c1-41(2,3)56-40(54)50-34(22-29-24-46-35(47-29)27-18-16-26(17-19-27)25-11-6-5-7-12-25)37(52)49-33(21-28-23-45-31-14-9-8-13-30(28)31)36(51)48-32(38(53)55-4)15-10-20-44-39(42)43/h5-9,11-14,16-19,23-24,32-34,45H,10,15,20-22H2,1-4H3,(H,46,47)(H,48,51)(H,49,52)(H,50,54)(H4,42,43,44)/t32-,33-,34-/m0/s1. The minimum atomic E-state index is -1.20. The summed E-state index contributed by atoms with van der Waals surface area (Å²) in [6.07, 6.45) is 3.10. The number of nitrogens with two attached hydrogens (primary N) is 2. The number of guanidine groups is 1. The largest absolute Gasteiger partial charge is 0.467 e. The normalized spacial score (nSPS) is 12.9. The first-order chi connectivity index (χ1) is 26.8. The maximum absolute atomic E-state index is 14.2. The van der Waals surface area contributed by atoms with Crippen molar-refractivity contribution in [1.29, 1.82) is 0 Å². The molecule has 2 heterocycles. The number of hydrogen-bond acceptors (Lipinski definition) is 8. The van der Waals surface area contributed by atoms with Gasteiger partial charge in [-0.2, -0.15) is 0 Å². The number of aromatic nitrogens is 3. The third kappa shape index (κ3) is 11.4. The Hall–Kier alpha value is -6.64. The number of esters is 1. The smallest absolute Gasteiger partial charge is 0.408 e. The van der Waals surface area contributed by atoms with Crippen molar-refractivity contribution >= 4 is 40.7 Å². The van der Waals surface area contributed by atoms with Gasteiger partial charge >= 0.3 is 12.1 Å². The molecular weight excluding hydrogens is 715 g/mol. The molecule has 3 aromatic carbocycles. The van der Waals surface area contributed by atoms with Crippen molar-refractivity contribution in [2.45, 2.75) is 70.2 Å². The van der Waals surface area contributed by atoms with Gasteiger partial charge in [0.2, 0.25) is 11.8 Å². The Kier molecular flexibility index (Phi) is 13.5. The van der Waals surface area contributed by atoms with Gasteiger partial charge in [-0.3, -0.25) is 14.6 Å². The van der Waals surface area contributed by atoms with E-state index in [0.29, 0.717) is 17.9 Å². The van der Waals surface area contributed by atoms with Crippen molar-refractivity contribution < 1.29 is 28.7 Å². The van der Waals surface area contributed by atoms with E-state index in [1.54, 1.807) is 33.2 Å². The van der Waals surface area contributed by atoms with Gasteiger partial charge in [0, 0.05) is 53.9 Å². The number of carbonyl (C=O) groups is 4. The van der Waals surface area contributed by atoms with Crippen LogP contribution in [-0.2, 0) is 36.7 Å². The number of nitrogens with zero attached hydrogens (tertiary/aromatic N) is 2. The van der Waals surface area contributed by atoms with Gasteiger partial charge in [0.15, 0.2) is 5.96 Å². The molecule has 3 amide bonds. The highest BCUT2D eigenvalue weighted by atomic mass is 16.6. The highest BCUT2D eigenvalue weighted by Crippen LogP contribution is 2.24. The number of benzene rings is 3. The zero-order valence-electron chi connectivity index (χ0n) is 31.9. The van der Waals surface area contributed by atoms with Gasteiger partial charge in [-0.1, -0.05) is 72.8 Å². The Balaban J connectivity index is 1.39. The van der Waals surface area contributed by atoms with E-state index in [1.807, 2.05) is 78.9 Å². The third-order valence-electron chi connectivity index (χ3n) is 8.80. The minimum absolute atomic E-state index is 0.0167. The van der Waals surface area contributed by atoms with Crippen LogP contribution in [0.25, 0.3) is 33.4 Å². The summed E-state index contributed by atoms with van der Waals surface area (Å²) in [6.45, 7) is 5.36. The van der Waals surface area contributed by atoms with E-state index in [-0.39, 0.29) is 31.8 Å². The first-order valence-electron chi connectivity index (χ1n) is 18.3. The maximum Gasteiger partial charge on any atom is 0.408 e. The summed E-state index contributed by atoms with van der Waals surface area (Å²) in [6, 6.07) is 22.0. The molecule has 0 saturated carbocycles. The first kappa shape index (κ1) is 40.5. The number of rotatable bonds is 16. The second-order valence-electron chi connectivity index (χ2n) is 14.3. The number of imidazole rings is 1. The van der Waals surface area contributed by atoms with Crippen LogP contribution in [0.3, 0.4) is 0 Å². The lowest BCUT2D eigenvalue weighted by Gasteiger charge is -2.26. The molecule has 15 heteroatoms. The molecule has 0 bridgehead atoms. The molecule has 5 rings (SSSR count). The number of fused-ring (bicyclic) bond motifs is 1. The molecule has 0 aliphatic rings. The van der Waals surface area contributed by atoms with Crippen molar-refractivity contribution in [1.82, 2.24) is 30.9 Å². The van der Waals surface area contributed by atoms with Gasteiger partial charge in [-0.05, 0) is 56.4 Å². The van der Waals surface area contributed by atoms with E-state index < -0.39 is 47.6 Å². The number of aromatic amines is 2. The summed E-state index contributed by atoms with van der Waals surface area (Å²) >= 11 is 0. The number of nitrogens with one attached hydrogen (secondary N) is 5. The Morgan fingerprint density at radius 2 is 1.43 bits per heavy atom. The van der Waals surface area contributed by atoms with Crippen LogP contribution in [0.4, 0.5) is 4.79 Å². The highest BCUT2D eigenvalue weighted by molar-refractivity contribution is 5.94. The van der Waals surface area contributed by atoms with E-state index in [0.717, 1.165) is 33.2 Å². The fourth-order valence-electron chi connectivity index (χ4n) is 6.11. The summed E-state index contributed by atoms with van der Waals surface area (Å²) in [5.74, 6) is -1.50. The number of hydrogen-bond donors (Lipinski definition) is 7. The lowest BCUT2D eigenvalue weighted by atomic mass is 10.0. The van der Waals surface area contributed by atoms with Crippen LogP contribution in [0, 0.1) is 0 Å². The lowest BCUT2D eigenvalue weighted by molar-refractivity contribution is -0.145. The Labute approximate surface area is 325 Å². The third-order valence-corrected chi connectivity index (χ3v) is 8.80.